The molecule has 0 spiro atoms. The van der Waals surface area contributed by atoms with Gasteiger partial charge in [0, 0.05) is 0 Å². The highest BCUT2D eigenvalue weighted by Crippen LogP contribution is 2.02. The first-order valence-electron chi connectivity index (χ1n) is 3.01. The van der Waals surface area contributed by atoms with Crippen LogP contribution in [0.15, 0.2) is 16.5 Å². The molecule has 0 unspecified atom stereocenters. The average molecular weight is 166 g/mol. The van der Waals surface area contributed by atoms with E-state index in [1.165, 1.54) is 0 Å². The number of aldehydes is 1. The molecule has 0 aliphatic heterocycles. The zero-order chi connectivity index (χ0) is 8.10. The summed E-state index contributed by atoms with van der Waals surface area (Å²) in [7, 11) is 0. The second kappa shape index (κ2) is 3.89. The molecule has 0 amide bonds. The summed E-state index contributed by atoms with van der Waals surface area (Å²) in [5.74, 6) is 6.69. The average Bonchev–Trinajstić information content (AvgIpc) is 2.48. The first kappa shape index (κ1) is 7.96. The normalized spacial score (nSPS) is 8.45. The molecule has 0 fully saturated rings. The molecule has 0 aliphatic rings. The molecule has 3 heteroatoms. The van der Waals surface area contributed by atoms with Crippen molar-refractivity contribution in [1.82, 2.24) is 0 Å². The van der Waals surface area contributed by atoms with Gasteiger partial charge in [-0.3, -0.25) is 4.79 Å². The highest BCUT2D eigenvalue weighted by molar-refractivity contribution is 7.80. The van der Waals surface area contributed by atoms with E-state index in [2.05, 4.69) is 24.5 Å². The van der Waals surface area contributed by atoms with Crippen molar-refractivity contribution in [2.45, 2.75) is 0 Å². The number of furan rings is 1. The van der Waals surface area contributed by atoms with Crippen LogP contribution in [0.5, 0.6) is 0 Å². The number of thiol groups is 1. The fourth-order valence-corrected chi connectivity index (χ4v) is 0.689. The van der Waals surface area contributed by atoms with E-state index >= 15 is 0 Å². The number of carbonyl (C=O) groups excluding carboxylic acids is 1. The third-order valence-corrected chi connectivity index (χ3v) is 1.19. The minimum atomic E-state index is 0.300. The van der Waals surface area contributed by atoms with Gasteiger partial charge in [-0.15, -0.1) is 0 Å². The Balaban J connectivity index is 2.80. The molecule has 1 aromatic rings. The van der Waals surface area contributed by atoms with E-state index in [-0.39, 0.29) is 0 Å². The van der Waals surface area contributed by atoms with Crippen molar-refractivity contribution in [2.75, 3.05) is 5.75 Å². The van der Waals surface area contributed by atoms with Crippen molar-refractivity contribution in [3.8, 4) is 11.8 Å². The summed E-state index contributed by atoms with van der Waals surface area (Å²) in [6.07, 6.45) is 0.645. The van der Waals surface area contributed by atoms with E-state index in [1.807, 2.05) is 0 Å². The molecule has 0 N–H and O–H groups in total. The van der Waals surface area contributed by atoms with Gasteiger partial charge in [0.15, 0.2) is 17.8 Å². The molecule has 0 bridgehead atoms. The van der Waals surface area contributed by atoms with Gasteiger partial charge < -0.3 is 4.42 Å². The Bertz CT molecular complexity index is 303. The van der Waals surface area contributed by atoms with Gasteiger partial charge in [0.1, 0.15) is 0 Å². The van der Waals surface area contributed by atoms with Crippen molar-refractivity contribution in [2.24, 2.45) is 0 Å². The van der Waals surface area contributed by atoms with Crippen molar-refractivity contribution >= 4 is 18.9 Å². The molecule has 11 heavy (non-hydrogen) atoms. The molecule has 0 atom stereocenters. The van der Waals surface area contributed by atoms with Crippen LogP contribution in [0.3, 0.4) is 0 Å². The van der Waals surface area contributed by atoms with Gasteiger partial charge in [-0.05, 0) is 18.1 Å². The summed E-state index contributed by atoms with van der Waals surface area (Å²) in [5, 5.41) is 0. The minimum Gasteiger partial charge on any atom is -0.445 e. The molecule has 0 aromatic carbocycles. The molecule has 56 valence electrons. The first-order chi connectivity index (χ1) is 5.36. The highest BCUT2D eigenvalue weighted by Gasteiger charge is 1.94. The largest absolute Gasteiger partial charge is 0.445 e. The SMILES string of the molecule is O=Cc1ccc(C#CCS)o1. The van der Waals surface area contributed by atoms with Gasteiger partial charge in [-0.25, -0.2) is 0 Å². The molecule has 0 saturated carbocycles. The number of rotatable bonds is 1. The summed E-state index contributed by atoms with van der Waals surface area (Å²) in [5.41, 5.74) is 0. The Labute approximate surface area is 70.0 Å². The topological polar surface area (TPSA) is 30.2 Å². The molecular formula is C8H6O2S. The van der Waals surface area contributed by atoms with Crippen molar-refractivity contribution in [1.29, 1.82) is 0 Å². The van der Waals surface area contributed by atoms with Gasteiger partial charge in [0.25, 0.3) is 0 Å². The number of carbonyl (C=O) groups is 1. The second-order valence-electron chi connectivity index (χ2n) is 1.78. The van der Waals surface area contributed by atoms with Crippen LogP contribution in [0.2, 0.25) is 0 Å². The molecular weight excluding hydrogens is 160 g/mol. The van der Waals surface area contributed by atoms with Crippen LogP contribution in [0.4, 0.5) is 0 Å². The van der Waals surface area contributed by atoms with E-state index in [0.29, 0.717) is 23.6 Å². The van der Waals surface area contributed by atoms with E-state index in [0.717, 1.165) is 0 Å². The standard InChI is InChI=1S/C8H6O2S/c9-6-8-4-3-7(10-8)2-1-5-11/h3-4,6,11H,5H2. The van der Waals surface area contributed by atoms with Gasteiger partial charge >= 0.3 is 0 Å². The van der Waals surface area contributed by atoms with Crippen LogP contribution in [-0.4, -0.2) is 12.0 Å². The Morgan fingerprint density at radius 3 is 3.00 bits per heavy atom. The molecule has 0 radical (unpaired) electrons. The lowest BCUT2D eigenvalue weighted by molar-refractivity contribution is 0.110. The molecule has 2 nitrogen and oxygen atoms in total. The van der Waals surface area contributed by atoms with Crippen molar-refractivity contribution in [3.63, 3.8) is 0 Å². The van der Waals surface area contributed by atoms with Gasteiger partial charge in [0.2, 0.25) is 0 Å². The third kappa shape index (κ3) is 2.17. The molecule has 1 aromatic heterocycles. The van der Waals surface area contributed by atoms with E-state index < -0.39 is 0 Å². The van der Waals surface area contributed by atoms with E-state index in [4.69, 9.17) is 4.42 Å². The van der Waals surface area contributed by atoms with Crippen LogP contribution in [0.1, 0.15) is 16.3 Å². The summed E-state index contributed by atoms with van der Waals surface area (Å²) in [6.45, 7) is 0. The summed E-state index contributed by atoms with van der Waals surface area (Å²) in [6, 6.07) is 3.23. The zero-order valence-corrected chi connectivity index (χ0v) is 6.60. The quantitative estimate of drug-likeness (QED) is 0.388. The highest BCUT2D eigenvalue weighted by atomic mass is 32.1. The second-order valence-corrected chi connectivity index (χ2v) is 2.10. The lowest BCUT2D eigenvalue weighted by Crippen LogP contribution is -1.69. The minimum absolute atomic E-state index is 0.300. The van der Waals surface area contributed by atoms with Gasteiger partial charge in [-0.2, -0.15) is 12.6 Å². The Morgan fingerprint density at radius 1 is 1.64 bits per heavy atom. The number of hydrogen-bond acceptors (Lipinski definition) is 3. The third-order valence-electron chi connectivity index (χ3n) is 1.03. The molecule has 0 aliphatic carbocycles. The summed E-state index contributed by atoms with van der Waals surface area (Å²) < 4.78 is 4.96. The maximum Gasteiger partial charge on any atom is 0.185 e. The first-order valence-corrected chi connectivity index (χ1v) is 3.65. The predicted octanol–water partition coefficient (Wildman–Crippen LogP) is 1.37. The zero-order valence-electron chi connectivity index (χ0n) is 5.70. The van der Waals surface area contributed by atoms with Crippen LogP contribution in [0.25, 0.3) is 0 Å². The smallest absolute Gasteiger partial charge is 0.185 e. The maximum atomic E-state index is 10.1. The van der Waals surface area contributed by atoms with Gasteiger partial charge in [0.05, 0.1) is 5.75 Å². The Hall–Kier alpha value is -1.14. The maximum absolute atomic E-state index is 10.1. The van der Waals surface area contributed by atoms with Gasteiger partial charge in [-0.1, -0.05) is 5.92 Å². The monoisotopic (exact) mass is 166 g/mol. The van der Waals surface area contributed by atoms with Crippen LogP contribution >= 0.6 is 12.6 Å². The van der Waals surface area contributed by atoms with Crippen LogP contribution < -0.4 is 0 Å². The molecule has 1 heterocycles. The Morgan fingerprint density at radius 2 is 2.45 bits per heavy atom. The lowest BCUT2D eigenvalue weighted by Gasteiger charge is -1.77. The van der Waals surface area contributed by atoms with E-state index in [1.54, 1.807) is 12.1 Å². The lowest BCUT2D eigenvalue weighted by atomic mass is 10.4. The van der Waals surface area contributed by atoms with Crippen LogP contribution in [-0.2, 0) is 0 Å². The fourth-order valence-electron chi connectivity index (χ4n) is 0.610. The fraction of sp³-hybridized carbons (Fsp3) is 0.125. The van der Waals surface area contributed by atoms with Crippen molar-refractivity contribution < 1.29 is 9.21 Å². The summed E-state index contributed by atoms with van der Waals surface area (Å²) >= 11 is 3.90. The van der Waals surface area contributed by atoms with E-state index in [9.17, 15) is 4.79 Å². The molecule has 0 saturated heterocycles. The van der Waals surface area contributed by atoms with Crippen LogP contribution in [0, 0.1) is 11.8 Å². The Kier molecular flexibility index (Phi) is 2.82. The summed E-state index contributed by atoms with van der Waals surface area (Å²) in [4.78, 5) is 10.1. The number of hydrogen-bond donors (Lipinski definition) is 1. The molecule has 1 rings (SSSR count). The predicted molar refractivity (Wildman–Crippen MR) is 44.8 cm³/mol. The van der Waals surface area contributed by atoms with Crippen molar-refractivity contribution in [3.05, 3.63) is 23.7 Å².